The number of carbonyl (C=O) groups excluding carboxylic acids is 1. The van der Waals surface area contributed by atoms with Crippen LogP contribution in [0.2, 0.25) is 0 Å². The van der Waals surface area contributed by atoms with E-state index >= 15 is 0 Å². The minimum atomic E-state index is -0.0768. The Kier molecular flexibility index (Phi) is 4.29. The van der Waals surface area contributed by atoms with Crippen molar-refractivity contribution in [1.29, 1.82) is 0 Å². The third kappa shape index (κ3) is 3.46. The first-order chi connectivity index (χ1) is 10.2. The average Bonchev–Trinajstić information content (AvgIpc) is 2.53. The van der Waals surface area contributed by atoms with Gasteiger partial charge in [0.25, 0.3) is 0 Å². The number of hydrogen-bond acceptors (Lipinski definition) is 2. The molecule has 0 unspecified atom stereocenters. The molecule has 1 aliphatic heterocycles. The van der Waals surface area contributed by atoms with Crippen LogP contribution in [0.3, 0.4) is 0 Å². The van der Waals surface area contributed by atoms with Gasteiger partial charge in [-0.05, 0) is 35.8 Å². The second kappa shape index (κ2) is 6.18. The Hall–Kier alpha value is -1.35. The van der Waals surface area contributed by atoms with Crippen molar-refractivity contribution in [1.82, 2.24) is 10.6 Å². The van der Waals surface area contributed by atoms with Gasteiger partial charge in [0.05, 0.1) is 6.04 Å². The van der Waals surface area contributed by atoms with Gasteiger partial charge in [0, 0.05) is 13.1 Å². The molecule has 3 rings (SSSR count). The van der Waals surface area contributed by atoms with E-state index in [1.165, 1.54) is 43.2 Å². The van der Waals surface area contributed by atoms with Crippen LogP contribution in [0.1, 0.15) is 50.2 Å². The minimum Gasteiger partial charge on any atom is -0.354 e. The number of amides is 1. The zero-order chi connectivity index (χ0) is 14.7. The van der Waals surface area contributed by atoms with Crippen molar-refractivity contribution in [2.75, 3.05) is 6.54 Å². The summed E-state index contributed by atoms with van der Waals surface area (Å²) in [6.07, 6.45) is 7.26. The Balaban J connectivity index is 1.55. The van der Waals surface area contributed by atoms with Crippen LogP contribution in [0.15, 0.2) is 24.3 Å². The second-order valence-electron chi connectivity index (χ2n) is 7.00. The van der Waals surface area contributed by atoms with Crippen molar-refractivity contribution in [3.63, 3.8) is 0 Å². The molecule has 1 heterocycles. The highest BCUT2D eigenvalue weighted by Crippen LogP contribution is 2.34. The Labute approximate surface area is 127 Å². The molecule has 0 radical (unpaired) electrons. The molecule has 1 atom stereocenters. The Morgan fingerprint density at radius 3 is 2.71 bits per heavy atom. The zero-order valence-electron chi connectivity index (χ0n) is 13.0. The lowest BCUT2D eigenvalue weighted by molar-refractivity contribution is -0.123. The van der Waals surface area contributed by atoms with Gasteiger partial charge in [0.2, 0.25) is 5.91 Å². The molecule has 2 aliphatic rings. The fourth-order valence-electron chi connectivity index (χ4n) is 3.65. The number of hydrogen-bond donors (Lipinski definition) is 2. The molecular formula is C18H26N2O. The maximum absolute atomic E-state index is 12.4. The predicted molar refractivity (Wildman–Crippen MR) is 85.0 cm³/mol. The van der Waals surface area contributed by atoms with Crippen molar-refractivity contribution >= 4 is 5.91 Å². The molecule has 1 aromatic rings. The fourth-order valence-corrected chi connectivity index (χ4v) is 3.65. The van der Waals surface area contributed by atoms with Crippen LogP contribution in [0.4, 0.5) is 0 Å². The molecule has 3 heteroatoms. The Morgan fingerprint density at radius 2 is 1.95 bits per heavy atom. The lowest BCUT2D eigenvalue weighted by Crippen LogP contribution is -2.50. The summed E-state index contributed by atoms with van der Waals surface area (Å²) in [6, 6.07) is 8.32. The van der Waals surface area contributed by atoms with E-state index in [0.29, 0.717) is 5.41 Å². The predicted octanol–water partition coefficient (Wildman–Crippen LogP) is 2.79. The lowest BCUT2D eigenvalue weighted by atomic mass is 9.75. The van der Waals surface area contributed by atoms with Crippen molar-refractivity contribution in [2.24, 2.45) is 5.41 Å². The van der Waals surface area contributed by atoms with Gasteiger partial charge in [-0.25, -0.2) is 0 Å². The van der Waals surface area contributed by atoms with Crippen molar-refractivity contribution < 1.29 is 4.79 Å². The molecule has 0 saturated heterocycles. The summed E-state index contributed by atoms with van der Waals surface area (Å²) in [5, 5.41) is 6.56. The van der Waals surface area contributed by atoms with E-state index in [9.17, 15) is 4.79 Å². The third-order valence-corrected chi connectivity index (χ3v) is 5.15. The molecule has 114 valence electrons. The van der Waals surface area contributed by atoms with Crippen LogP contribution in [0, 0.1) is 5.41 Å². The molecule has 0 spiro atoms. The maximum Gasteiger partial charge on any atom is 0.237 e. The SMILES string of the molecule is CC1(CNC(=O)[C@@H]2Cc3ccccc3CN2)CCCCC1. The molecule has 0 bridgehead atoms. The van der Waals surface area contributed by atoms with E-state index in [2.05, 4.69) is 41.8 Å². The standard InChI is InChI=1S/C18H26N2O/c1-18(9-5-2-6-10-18)13-20-17(21)16-11-14-7-3-4-8-15(14)12-19-16/h3-4,7-8,16,19H,2,5-6,9-13H2,1H3,(H,20,21)/t16-/m0/s1. The highest BCUT2D eigenvalue weighted by atomic mass is 16.2. The summed E-state index contributed by atoms with van der Waals surface area (Å²) in [7, 11) is 0. The Bertz CT molecular complexity index is 506. The Morgan fingerprint density at radius 1 is 1.24 bits per heavy atom. The van der Waals surface area contributed by atoms with Gasteiger partial charge in [-0.2, -0.15) is 0 Å². The van der Waals surface area contributed by atoms with E-state index < -0.39 is 0 Å². The molecule has 0 aromatic heterocycles. The van der Waals surface area contributed by atoms with E-state index in [1.807, 2.05) is 0 Å². The fraction of sp³-hybridized carbons (Fsp3) is 0.611. The largest absolute Gasteiger partial charge is 0.354 e. The summed E-state index contributed by atoms with van der Waals surface area (Å²) in [5.74, 6) is 0.163. The summed E-state index contributed by atoms with van der Waals surface area (Å²) >= 11 is 0. The highest BCUT2D eigenvalue weighted by Gasteiger charge is 2.29. The van der Waals surface area contributed by atoms with Crippen LogP contribution in [-0.4, -0.2) is 18.5 Å². The molecular weight excluding hydrogens is 260 g/mol. The van der Waals surface area contributed by atoms with Gasteiger partial charge < -0.3 is 10.6 Å². The first-order valence-electron chi connectivity index (χ1n) is 8.24. The van der Waals surface area contributed by atoms with Gasteiger partial charge in [-0.3, -0.25) is 4.79 Å². The number of fused-ring (bicyclic) bond motifs is 1. The van der Waals surface area contributed by atoms with Crippen molar-refractivity contribution in [3.8, 4) is 0 Å². The number of benzene rings is 1. The molecule has 3 nitrogen and oxygen atoms in total. The number of carbonyl (C=O) groups is 1. The van der Waals surface area contributed by atoms with Crippen molar-refractivity contribution in [2.45, 2.75) is 58.0 Å². The first-order valence-corrected chi connectivity index (χ1v) is 8.24. The number of nitrogens with one attached hydrogen (secondary N) is 2. The van der Waals surface area contributed by atoms with Gasteiger partial charge in [-0.15, -0.1) is 0 Å². The van der Waals surface area contributed by atoms with E-state index in [1.54, 1.807) is 0 Å². The molecule has 21 heavy (non-hydrogen) atoms. The number of rotatable bonds is 3. The van der Waals surface area contributed by atoms with Gasteiger partial charge in [0.1, 0.15) is 0 Å². The summed E-state index contributed by atoms with van der Waals surface area (Å²) in [4.78, 5) is 12.4. The minimum absolute atomic E-state index is 0.0768. The molecule has 2 N–H and O–H groups in total. The highest BCUT2D eigenvalue weighted by molar-refractivity contribution is 5.82. The monoisotopic (exact) mass is 286 g/mol. The topological polar surface area (TPSA) is 41.1 Å². The van der Waals surface area contributed by atoms with Crippen LogP contribution in [-0.2, 0) is 17.8 Å². The second-order valence-corrected chi connectivity index (χ2v) is 7.00. The van der Waals surface area contributed by atoms with E-state index in [4.69, 9.17) is 0 Å². The van der Waals surface area contributed by atoms with E-state index in [-0.39, 0.29) is 11.9 Å². The summed E-state index contributed by atoms with van der Waals surface area (Å²) in [6.45, 7) is 3.94. The summed E-state index contributed by atoms with van der Waals surface area (Å²) in [5.41, 5.74) is 2.93. The third-order valence-electron chi connectivity index (χ3n) is 5.15. The van der Waals surface area contributed by atoms with Crippen LogP contribution >= 0.6 is 0 Å². The van der Waals surface area contributed by atoms with Gasteiger partial charge in [0.15, 0.2) is 0 Å². The van der Waals surface area contributed by atoms with Crippen LogP contribution in [0.25, 0.3) is 0 Å². The molecule has 1 fully saturated rings. The quantitative estimate of drug-likeness (QED) is 0.897. The molecule has 1 saturated carbocycles. The average molecular weight is 286 g/mol. The lowest BCUT2D eigenvalue weighted by Gasteiger charge is -2.34. The van der Waals surface area contributed by atoms with E-state index in [0.717, 1.165) is 19.5 Å². The van der Waals surface area contributed by atoms with Crippen molar-refractivity contribution in [3.05, 3.63) is 35.4 Å². The maximum atomic E-state index is 12.4. The molecule has 1 aliphatic carbocycles. The van der Waals surface area contributed by atoms with Gasteiger partial charge in [-0.1, -0.05) is 50.5 Å². The zero-order valence-corrected chi connectivity index (χ0v) is 13.0. The van der Waals surface area contributed by atoms with Crippen LogP contribution in [0.5, 0.6) is 0 Å². The first kappa shape index (κ1) is 14.6. The van der Waals surface area contributed by atoms with Gasteiger partial charge >= 0.3 is 0 Å². The normalized spacial score (nSPS) is 24.1. The molecule has 1 amide bonds. The summed E-state index contributed by atoms with van der Waals surface area (Å²) < 4.78 is 0. The smallest absolute Gasteiger partial charge is 0.237 e. The molecule has 1 aromatic carbocycles. The van der Waals surface area contributed by atoms with Crippen LogP contribution < -0.4 is 10.6 Å².